The first-order valence-electron chi connectivity index (χ1n) is 11.1. The maximum atomic E-state index is 13.4. The molecule has 0 aliphatic carbocycles. The number of nitrogens with one attached hydrogen (secondary N) is 1. The van der Waals surface area contributed by atoms with Crippen molar-refractivity contribution in [3.05, 3.63) is 88.9 Å². The van der Waals surface area contributed by atoms with E-state index >= 15 is 0 Å². The van der Waals surface area contributed by atoms with Crippen molar-refractivity contribution in [1.82, 2.24) is 0 Å². The van der Waals surface area contributed by atoms with Crippen LogP contribution in [0.2, 0.25) is 5.02 Å². The van der Waals surface area contributed by atoms with Crippen LogP contribution in [0, 0.1) is 0 Å². The molecule has 0 unspecified atom stereocenters. The Hall–Kier alpha value is -3.36. The van der Waals surface area contributed by atoms with Crippen LogP contribution in [0.15, 0.2) is 77.7 Å². The molecule has 3 aromatic rings. The molecule has 1 amide bonds. The zero-order chi connectivity index (χ0) is 25.6. The van der Waals surface area contributed by atoms with Crippen molar-refractivity contribution in [3.63, 3.8) is 0 Å². The Bertz CT molecular complexity index is 1290. The number of anilines is 2. The molecule has 0 saturated heterocycles. The number of hydrogen-bond acceptors (Lipinski definition) is 5. The highest BCUT2D eigenvalue weighted by molar-refractivity contribution is 7.92. The summed E-state index contributed by atoms with van der Waals surface area (Å²) in [6.45, 7) is 5.51. The number of ether oxygens (including phenoxy) is 1. The van der Waals surface area contributed by atoms with Gasteiger partial charge in [0.25, 0.3) is 10.0 Å². The number of nitrogens with zero attached hydrogens (tertiary/aromatic N) is 1. The number of halogens is 1. The molecule has 0 bridgehead atoms. The predicted octanol–water partition coefficient (Wildman–Crippen LogP) is 5.47. The zero-order valence-corrected chi connectivity index (χ0v) is 21.3. The van der Waals surface area contributed by atoms with Crippen LogP contribution in [0.25, 0.3) is 0 Å². The molecule has 184 valence electrons. The summed E-state index contributed by atoms with van der Waals surface area (Å²) in [6.07, 6.45) is 0. The third-order valence-electron chi connectivity index (χ3n) is 5.21. The molecule has 0 aliphatic rings. The molecule has 0 saturated carbocycles. The zero-order valence-electron chi connectivity index (χ0n) is 19.7. The second-order valence-electron chi connectivity index (χ2n) is 8.03. The van der Waals surface area contributed by atoms with Crippen molar-refractivity contribution in [2.45, 2.75) is 31.6 Å². The van der Waals surface area contributed by atoms with Gasteiger partial charge in [0.05, 0.1) is 27.8 Å². The fraction of sp³-hybridized carbons (Fsp3) is 0.231. The van der Waals surface area contributed by atoms with Crippen LogP contribution in [0.3, 0.4) is 0 Å². The summed E-state index contributed by atoms with van der Waals surface area (Å²) in [5.41, 5.74) is 1.90. The van der Waals surface area contributed by atoms with Gasteiger partial charge in [0.1, 0.15) is 6.54 Å². The Morgan fingerprint density at radius 2 is 1.66 bits per heavy atom. The minimum atomic E-state index is -4.02. The van der Waals surface area contributed by atoms with Crippen molar-refractivity contribution in [2.24, 2.45) is 0 Å². The highest BCUT2D eigenvalue weighted by Crippen LogP contribution is 2.27. The van der Waals surface area contributed by atoms with E-state index < -0.39 is 28.4 Å². The molecule has 3 aromatic carbocycles. The molecule has 0 aromatic heterocycles. The predicted molar refractivity (Wildman–Crippen MR) is 138 cm³/mol. The van der Waals surface area contributed by atoms with Gasteiger partial charge in [-0.15, -0.1) is 0 Å². The van der Waals surface area contributed by atoms with E-state index in [9.17, 15) is 18.0 Å². The average Bonchev–Trinajstić information content (AvgIpc) is 2.83. The Balaban J connectivity index is 1.88. The minimum absolute atomic E-state index is 0.0718. The van der Waals surface area contributed by atoms with Crippen LogP contribution in [0.4, 0.5) is 11.4 Å². The summed E-state index contributed by atoms with van der Waals surface area (Å²) in [4.78, 5) is 24.9. The van der Waals surface area contributed by atoms with Crippen LogP contribution >= 0.6 is 11.6 Å². The second kappa shape index (κ2) is 11.4. The minimum Gasteiger partial charge on any atom is -0.462 e. The van der Waals surface area contributed by atoms with Gasteiger partial charge in [0.15, 0.2) is 0 Å². The summed E-state index contributed by atoms with van der Waals surface area (Å²) in [5, 5.41) is 2.76. The standard InChI is InChI=1S/C26H27ClN2O5S/c1-4-34-26(31)23-15-12-20(16-24(23)27)28-25(30)17-29(21-13-10-19(11-14-21)18(2)3)35(32,33)22-8-6-5-7-9-22/h5-16,18H,4,17H2,1-3H3,(H,28,30). The first-order valence-corrected chi connectivity index (χ1v) is 12.9. The maximum Gasteiger partial charge on any atom is 0.339 e. The summed E-state index contributed by atoms with van der Waals surface area (Å²) >= 11 is 6.18. The van der Waals surface area contributed by atoms with Gasteiger partial charge in [-0.05, 0) is 60.9 Å². The van der Waals surface area contributed by atoms with Crippen LogP contribution in [0.1, 0.15) is 42.6 Å². The van der Waals surface area contributed by atoms with E-state index in [0.717, 1.165) is 9.87 Å². The molecule has 0 aliphatic heterocycles. The van der Waals surface area contributed by atoms with Crippen LogP contribution in [-0.2, 0) is 19.6 Å². The lowest BCUT2D eigenvalue weighted by molar-refractivity contribution is -0.114. The molecular formula is C26H27ClN2O5S. The number of benzene rings is 3. The summed E-state index contributed by atoms with van der Waals surface area (Å²) in [5.74, 6) is -0.869. The van der Waals surface area contributed by atoms with Gasteiger partial charge < -0.3 is 10.1 Å². The highest BCUT2D eigenvalue weighted by atomic mass is 35.5. The first-order chi connectivity index (χ1) is 16.6. The van der Waals surface area contributed by atoms with Crippen LogP contribution in [0.5, 0.6) is 0 Å². The maximum absolute atomic E-state index is 13.4. The van der Waals surface area contributed by atoms with Crippen LogP contribution < -0.4 is 9.62 Å². The van der Waals surface area contributed by atoms with E-state index in [0.29, 0.717) is 11.4 Å². The number of sulfonamides is 1. The smallest absolute Gasteiger partial charge is 0.339 e. The molecule has 1 N–H and O–H groups in total. The largest absolute Gasteiger partial charge is 0.462 e. The van der Waals surface area contributed by atoms with Crippen molar-refractivity contribution in [2.75, 3.05) is 22.8 Å². The quantitative estimate of drug-likeness (QED) is 0.382. The Labute approximate surface area is 210 Å². The van der Waals surface area contributed by atoms with Gasteiger partial charge in [0, 0.05) is 5.69 Å². The molecule has 35 heavy (non-hydrogen) atoms. The van der Waals surface area contributed by atoms with Gasteiger partial charge in [0.2, 0.25) is 5.91 Å². The molecule has 0 heterocycles. The molecule has 0 fully saturated rings. The Kier molecular flexibility index (Phi) is 8.53. The number of carbonyl (C=O) groups is 2. The summed E-state index contributed by atoms with van der Waals surface area (Å²) < 4.78 is 32.9. The fourth-order valence-corrected chi connectivity index (χ4v) is 5.06. The molecule has 0 radical (unpaired) electrons. The summed E-state index contributed by atoms with van der Waals surface area (Å²) in [6, 6.07) is 19.4. The highest BCUT2D eigenvalue weighted by Gasteiger charge is 2.27. The van der Waals surface area contributed by atoms with Crippen LogP contribution in [-0.4, -0.2) is 33.4 Å². The van der Waals surface area contributed by atoms with E-state index in [-0.39, 0.29) is 28.0 Å². The average molecular weight is 515 g/mol. The van der Waals surface area contributed by atoms with Crippen molar-refractivity contribution in [3.8, 4) is 0 Å². The Morgan fingerprint density at radius 3 is 2.23 bits per heavy atom. The molecule has 0 atom stereocenters. The van der Waals surface area contributed by atoms with E-state index in [1.54, 1.807) is 37.3 Å². The summed E-state index contributed by atoms with van der Waals surface area (Å²) in [7, 11) is -4.02. The van der Waals surface area contributed by atoms with Crippen molar-refractivity contribution in [1.29, 1.82) is 0 Å². The third-order valence-corrected chi connectivity index (χ3v) is 7.32. The number of hydrogen-bond donors (Lipinski definition) is 1. The monoisotopic (exact) mass is 514 g/mol. The van der Waals surface area contributed by atoms with Crippen molar-refractivity contribution < 1.29 is 22.7 Å². The molecule has 9 heteroatoms. The van der Waals surface area contributed by atoms with Gasteiger partial charge >= 0.3 is 5.97 Å². The third kappa shape index (κ3) is 6.41. The number of carbonyl (C=O) groups excluding carboxylic acids is 2. The molecule has 3 rings (SSSR count). The molecular weight excluding hydrogens is 488 g/mol. The topological polar surface area (TPSA) is 92.8 Å². The lowest BCUT2D eigenvalue weighted by Gasteiger charge is -2.24. The van der Waals surface area contributed by atoms with E-state index in [1.165, 1.54) is 30.3 Å². The van der Waals surface area contributed by atoms with Gasteiger partial charge in [-0.25, -0.2) is 13.2 Å². The van der Waals surface area contributed by atoms with E-state index in [4.69, 9.17) is 16.3 Å². The number of esters is 1. The normalized spacial score (nSPS) is 11.2. The second-order valence-corrected chi connectivity index (χ2v) is 10.3. The lowest BCUT2D eigenvalue weighted by Crippen LogP contribution is -2.38. The molecule has 7 nitrogen and oxygen atoms in total. The first kappa shape index (κ1) is 26.2. The Morgan fingerprint density at radius 1 is 1.00 bits per heavy atom. The van der Waals surface area contributed by atoms with Gasteiger partial charge in [-0.2, -0.15) is 0 Å². The lowest BCUT2D eigenvalue weighted by atomic mass is 10.0. The number of amides is 1. The fourth-order valence-electron chi connectivity index (χ4n) is 3.36. The number of rotatable bonds is 9. The van der Waals surface area contributed by atoms with E-state index in [1.807, 2.05) is 26.0 Å². The van der Waals surface area contributed by atoms with E-state index in [2.05, 4.69) is 5.32 Å². The SMILES string of the molecule is CCOC(=O)c1ccc(NC(=O)CN(c2ccc(C(C)C)cc2)S(=O)(=O)c2ccccc2)cc1Cl. The van der Waals surface area contributed by atoms with Crippen molar-refractivity contribution >= 4 is 44.9 Å². The molecule has 0 spiro atoms. The van der Waals surface area contributed by atoms with Gasteiger partial charge in [-0.3, -0.25) is 9.10 Å². The van der Waals surface area contributed by atoms with Gasteiger partial charge in [-0.1, -0.05) is 55.8 Å².